The van der Waals surface area contributed by atoms with Crippen LogP contribution in [0.1, 0.15) is 49.9 Å². The van der Waals surface area contributed by atoms with E-state index in [0.29, 0.717) is 29.6 Å². The molecule has 0 aliphatic rings. The van der Waals surface area contributed by atoms with Gasteiger partial charge in [-0.1, -0.05) is 38.5 Å². The minimum Gasteiger partial charge on any atom is -0.462 e. The van der Waals surface area contributed by atoms with Crippen molar-refractivity contribution in [2.45, 2.75) is 51.2 Å². The first-order chi connectivity index (χ1) is 13.5. The van der Waals surface area contributed by atoms with Crippen LogP contribution in [0.25, 0.3) is 0 Å². The molecule has 0 saturated carbocycles. The smallest absolute Gasteiger partial charge is 0.343 e. The third-order valence-electron chi connectivity index (χ3n) is 3.93. The van der Waals surface area contributed by atoms with Gasteiger partial charge in [0.25, 0.3) is 0 Å². The molecule has 2 rings (SSSR count). The summed E-state index contributed by atoms with van der Waals surface area (Å²) in [5.41, 5.74) is 0.763. The van der Waals surface area contributed by atoms with Crippen LogP contribution >= 0.6 is 11.8 Å². The predicted molar refractivity (Wildman–Crippen MR) is 109 cm³/mol. The average molecular weight is 407 g/mol. The Morgan fingerprint density at radius 2 is 1.89 bits per heavy atom. The van der Waals surface area contributed by atoms with Crippen molar-refractivity contribution in [1.29, 1.82) is 0 Å². The maximum absolute atomic E-state index is 12.2. The SMILES string of the molecule is CCCCOC(=O)c1ccc(NC(=O)CSc2n[nH]c(=O)n2CCCC)cc1. The molecule has 28 heavy (non-hydrogen) atoms. The standard InChI is InChI=1S/C19H26N4O4S/c1-3-5-11-23-18(26)21-22-19(23)28-13-16(24)20-15-9-7-14(8-10-15)17(25)27-12-6-4-2/h7-10H,3-6,11-13H2,1-2H3,(H,20,24)(H,21,26). The van der Waals surface area contributed by atoms with E-state index in [1.807, 2.05) is 13.8 Å². The average Bonchev–Trinajstić information content (AvgIpc) is 3.05. The lowest BCUT2D eigenvalue weighted by Crippen LogP contribution is -2.19. The number of amides is 1. The fraction of sp³-hybridized carbons (Fsp3) is 0.474. The lowest BCUT2D eigenvalue weighted by atomic mass is 10.2. The van der Waals surface area contributed by atoms with Crippen molar-refractivity contribution < 1.29 is 14.3 Å². The largest absolute Gasteiger partial charge is 0.462 e. The molecule has 2 aromatic rings. The molecule has 152 valence electrons. The molecule has 0 atom stereocenters. The Morgan fingerprint density at radius 3 is 2.57 bits per heavy atom. The summed E-state index contributed by atoms with van der Waals surface area (Å²) in [6, 6.07) is 6.55. The molecule has 0 radical (unpaired) electrons. The van der Waals surface area contributed by atoms with Crippen molar-refractivity contribution in [2.24, 2.45) is 0 Å². The number of ether oxygens (including phenoxy) is 1. The van der Waals surface area contributed by atoms with Crippen LogP contribution in [0.4, 0.5) is 5.69 Å². The molecule has 8 nitrogen and oxygen atoms in total. The van der Waals surface area contributed by atoms with Crippen molar-refractivity contribution in [3.63, 3.8) is 0 Å². The molecule has 0 bridgehead atoms. The molecule has 1 amide bonds. The predicted octanol–water partition coefficient (Wildman–Crippen LogP) is 3.06. The molecule has 1 aromatic heterocycles. The van der Waals surface area contributed by atoms with Crippen LogP contribution in [-0.2, 0) is 16.1 Å². The van der Waals surface area contributed by atoms with Crippen molar-refractivity contribution in [2.75, 3.05) is 17.7 Å². The Morgan fingerprint density at radius 1 is 1.18 bits per heavy atom. The Kier molecular flexibility index (Phi) is 8.80. The Balaban J connectivity index is 1.85. The summed E-state index contributed by atoms with van der Waals surface area (Å²) in [5.74, 6) is -0.469. The van der Waals surface area contributed by atoms with Crippen LogP contribution < -0.4 is 11.0 Å². The molecule has 0 spiro atoms. The summed E-state index contributed by atoms with van der Waals surface area (Å²) in [6.07, 6.45) is 3.62. The first-order valence-electron chi connectivity index (χ1n) is 9.40. The second kappa shape index (κ2) is 11.3. The zero-order valence-electron chi connectivity index (χ0n) is 16.2. The Bertz CT molecular complexity index is 829. The summed E-state index contributed by atoms with van der Waals surface area (Å²) in [7, 11) is 0. The zero-order chi connectivity index (χ0) is 20.4. The van der Waals surface area contributed by atoms with Gasteiger partial charge in [0.2, 0.25) is 5.91 Å². The molecule has 1 aromatic carbocycles. The third-order valence-corrected chi connectivity index (χ3v) is 4.90. The molecular weight excluding hydrogens is 380 g/mol. The molecule has 1 heterocycles. The van der Waals surface area contributed by atoms with Gasteiger partial charge in [0.1, 0.15) is 0 Å². The number of aromatic amines is 1. The number of unbranched alkanes of at least 4 members (excludes halogenated alkanes) is 2. The number of rotatable bonds is 11. The van der Waals surface area contributed by atoms with Crippen LogP contribution in [-0.4, -0.2) is 39.0 Å². The van der Waals surface area contributed by atoms with Gasteiger partial charge in [-0.25, -0.2) is 14.7 Å². The number of thioether (sulfide) groups is 1. The van der Waals surface area contributed by atoms with E-state index in [1.54, 1.807) is 28.8 Å². The van der Waals surface area contributed by atoms with E-state index in [9.17, 15) is 14.4 Å². The minimum atomic E-state index is -0.370. The number of esters is 1. The molecule has 0 unspecified atom stereocenters. The quantitative estimate of drug-likeness (QED) is 0.337. The van der Waals surface area contributed by atoms with E-state index in [0.717, 1.165) is 25.7 Å². The topological polar surface area (TPSA) is 106 Å². The van der Waals surface area contributed by atoms with Crippen LogP contribution in [0.2, 0.25) is 0 Å². The normalized spacial score (nSPS) is 10.6. The van der Waals surface area contributed by atoms with Gasteiger partial charge < -0.3 is 10.1 Å². The number of hydrogen-bond donors (Lipinski definition) is 2. The number of nitrogens with zero attached hydrogens (tertiary/aromatic N) is 2. The lowest BCUT2D eigenvalue weighted by molar-refractivity contribution is -0.113. The Hall–Kier alpha value is -2.55. The third kappa shape index (κ3) is 6.56. The number of aromatic nitrogens is 3. The van der Waals surface area contributed by atoms with Crippen molar-refractivity contribution >= 4 is 29.3 Å². The number of nitrogens with one attached hydrogen (secondary N) is 2. The first-order valence-corrected chi connectivity index (χ1v) is 10.4. The van der Waals surface area contributed by atoms with Gasteiger partial charge in [-0.15, -0.1) is 5.10 Å². The number of hydrogen-bond acceptors (Lipinski definition) is 6. The zero-order valence-corrected chi connectivity index (χ0v) is 17.0. The van der Waals surface area contributed by atoms with E-state index in [4.69, 9.17) is 4.74 Å². The van der Waals surface area contributed by atoms with Crippen molar-refractivity contribution in [1.82, 2.24) is 14.8 Å². The monoisotopic (exact) mass is 406 g/mol. The first kappa shape index (κ1) is 21.7. The second-order valence-corrected chi connectivity index (χ2v) is 7.16. The van der Waals surface area contributed by atoms with Gasteiger partial charge in [-0.3, -0.25) is 9.36 Å². The molecule has 0 saturated heterocycles. The van der Waals surface area contributed by atoms with Crippen LogP contribution in [0.15, 0.2) is 34.2 Å². The fourth-order valence-corrected chi connectivity index (χ4v) is 3.11. The lowest BCUT2D eigenvalue weighted by Gasteiger charge is -2.07. The fourth-order valence-electron chi connectivity index (χ4n) is 2.34. The second-order valence-electron chi connectivity index (χ2n) is 6.22. The van der Waals surface area contributed by atoms with E-state index >= 15 is 0 Å². The van der Waals surface area contributed by atoms with Crippen LogP contribution in [0.5, 0.6) is 0 Å². The van der Waals surface area contributed by atoms with Gasteiger partial charge in [0.15, 0.2) is 5.16 Å². The van der Waals surface area contributed by atoms with Crippen molar-refractivity contribution in [3.05, 3.63) is 40.3 Å². The Labute approximate surface area is 168 Å². The number of carbonyl (C=O) groups is 2. The highest BCUT2D eigenvalue weighted by atomic mass is 32.2. The number of anilines is 1. The van der Waals surface area contributed by atoms with Gasteiger partial charge >= 0.3 is 11.7 Å². The van der Waals surface area contributed by atoms with E-state index in [1.165, 1.54) is 11.8 Å². The summed E-state index contributed by atoms with van der Waals surface area (Å²) in [5, 5.41) is 9.64. The van der Waals surface area contributed by atoms with Crippen LogP contribution in [0, 0.1) is 0 Å². The van der Waals surface area contributed by atoms with Gasteiger partial charge in [0.05, 0.1) is 17.9 Å². The number of carbonyl (C=O) groups excluding carboxylic acids is 2. The highest BCUT2D eigenvalue weighted by Crippen LogP contribution is 2.16. The van der Waals surface area contributed by atoms with Gasteiger partial charge in [-0.05, 0) is 37.1 Å². The molecule has 2 N–H and O–H groups in total. The highest BCUT2D eigenvalue weighted by Gasteiger charge is 2.12. The molecule has 0 aliphatic carbocycles. The molecule has 0 aliphatic heterocycles. The summed E-state index contributed by atoms with van der Waals surface area (Å²) in [4.78, 5) is 35.8. The van der Waals surface area contributed by atoms with Crippen molar-refractivity contribution in [3.8, 4) is 0 Å². The van der Waals surface area contributed by atoms with E-state index < -0.39 is 0 Å². The van der Waals surface area contributed by atoms with Gasteiger partial charge in [0, 0.05) is 12.2 Å². The maximum Gasteiger partial charge on any atom is 0.343 e. The summed E-state index contributed by atoms with van der Waals surface area (Å²) in [6.45, 7) is 5.05. The molecule has 0 fully saturated rings. The van der Waals surface area contributed by atoms with Gasteiger partial charge in [-0.2, -0.15) is 0 Å². The molecule has 9 heteroatoms. The van der Waals surface area contributed by atoms with E-state index in [2.05, 4.69) is 15.5 Å². The number of benzene rings is 1. The highest BCUT2D eigenvalue weighted by molar-refractivity contribution is 7.99. The summed E-state index contributed by atoms with van der Waals surface area (Å²) < 4.78 is 6.69. The van der Waals surface area contributed by atoms with E-state index in [-0.39, 0.29) is 23.3 Å². The molecular formula is C19H26N4O4S. The minimum absolute atomic E-state index is 0.122. The van der Waals surface area contributed by atoms with Crippen LogP contribution in [0.3, 0.4) is 0 Å². The number of H-pyrrole nitrogens is 1. The summed E-state index contributed by atoms with van der Waals surface area (Å²) >= 11 is 1.20. The maximum atomic E-state index is 12.2.